The number of carbonyl (C=O) groups is 1. The Morgan fingerprint density at radius 1 is 1.27 bits per heavy atom. The third-order valence-electron chi connectivity index (χ3n) is 3.67. The Morgan fingerprint density at radius 2 is 2.03 bits per heavy atom. The lowest BCUT2D eigenvalue weighted by molar-refractivity contribution is -0.141. The van der Waals surface area contributed by atoms with Gasteiger partial charge in [0.05, 0.1) is 29.1 Å². The Bertz CT molecular complexity index is 1030. The molecule has 6 nitrogen and oxygen atoms in total. The number of halogens is 5. The predicted octanol–water partition coefficient (Wildman–Crippen LogP) is 5.71. The number of nitrogens with zero attached hydrogens (tertiary/aromatic N) is 4. The van der Waals surface area contributed by atoms with Gasteiger partial charge >= 0.3 is 6.18 Å². The van der Waals surface area contributed by atoms with Crippen LogP contribution in [0, 0.1) is 0 Å². The van der Waals surface area contributed by atoms with Crippen molar-refractivity contribution < 1.29 is 18.0 Å². The van der Waals surface area contributed by atoms with Crippen molar-refractivity contribution in [3.05, 3.63) is 62.5 Å². The molecule has 3 aromatic heterocycles. The summed E-state index contributed by atoms with van der Waals surface area (Å²) in [5, 5.41) is 0.834. The molecule has 158 valence electrons. The van der Waals surface area contributed by atoms with Gasteiger partial charge in [-0.1, -0.05) is 34.9 Å². The minimum absolute atomic E-state index is 0.165. The first-order valence-corrected chi connectivity index (χ1v) is 11.3. The molecule has 3 rings (SSSR count). The maximum atomic E-state index is 12.9. The molecule has 0 atom stereocenters. The van der Waals surface area contributed by atoms with E-state index >= 15 is 0 Å². The zero-order valence-corrected chi connectivity index (χ0v) is 19.0. The molecule has 3 aromatic rings. The summed E-state index contributed by atoms with van der Waals surface area (Å²) in [6.45, 7) is 0.174. The van der Waals surface area contributed by atoms with Gasteiger partial charge in [0, 0.05) is 12.5 Å². The standard InChI is InChI=1S/C17H12BrClF3N5OS2/c1-29-26-15(28)13-14(18)30-16(25-13)27(8-10-3-2-9(19)6-23-10)11-4-5-12(24-7-11)17(20,21)22/h2-7H,8H2,1H3,(H,26,28). The summed E-state index contributed by atoms with van der Waals surface area (Å²) in [5.74, 6) is -0.396. The van der Waals surface area contributed by atoms with Crippen LogP contribution in [0.25, 0.3) is 0 Å². The molecule has 0 radical (unpaired) electrons. The molecule has 1 N–H and O–H groups in total. The van der Waals surface area contributed by atoms with Gasteiger partial charge < -0.3 is 4.90 Å². The maximum Gasteiger partial charge on any atom is 0.433 e. The summed E-state index contributed by atoms with van der Waals surface area (Å²) in [7, 11) is 0. The highest BCUT2D eigenvalue weighted by molar-refractivity contribution is 9.11. The van der Waals surface area contributed by atoms with Crippen molar-refractivity contribution in [2.75, 3.05) is 11.2 Å². The quantitative estimate of drug-likeness (QED) is 0.405. The summed E-state index contributed by atoms with van der Waals surface area (Å²) in [6, 6.07) is 5.53. The molecule has 0 aliphatic carbocycles. The van der Waals surface area contributed by atoms with Gasteiger partial charge in [-0.2, -0.15) is 13.2 Å². The highest BCUT2D eigenvalue weighted by atomic mass is 79.9. The summed E-state index contributed by atoms with van der Waals surface area (Å²) >= 11 is 11.5. The van der Waals surface area contributed by atoms with E-state index in [1.165, 1.54) is 12.3 Å². The first kappa shape index (κ1) is 22.8. The number of rotatable bonds is 6. The Balaban J connectivity index is 2.00. The average Bonchev–Trinajstić information content (AvgIpc) is 3.08. The average molecular weight is 539 g/mol. The first-order valence-electron chi connectivity index (χ1n) is 8.10. The number of hydrogen-bond donors (Lipinski definition) is 1. The molecular formula is C17H12BrClF3N5OS2. The lowest BCUT2D eigenvalue weighted by atomic mass is 10.3. The van der Waals surface area contributed by atoms with Crippen molar-refractivity contribution in [2.24, 2.45) is 0 Å². The van der Waals surface area contributed by atoms with Crippen molar-refractivity contribution in [2.45, 2.75) is 12.7 Å². The van der Waals surface area contributed by atoms with E-state index in [-0.39, 0.29) is 12.2 Å². The van der Waals surface area contributed by atoms with Gasteiger partial charge in [-0.25, -0.2) is 9.97 Å². The van der Waals surface area contributed by atoms with Crippen molar-refractivity contribution in [1.82, 2.24) is 19.7 Å². The molecule has 0 spiro atoms. The van der Waals surface area contributed by atoms with Gasteiger partial charge in [0.15, 0.2) is 10.8 Å². The molecule has 0 fully saturated rings. The SMILES string of the molecule is CSNC(=O)c1nc(N(Cc2ccc(Cl)cn2)c2ccc(C(F)(F)F)nc2)sc1Br. The van der Waals surface area contributed by atoms with E-state index in [1.807, 2.05) is 0 Å². The number of aromatic nitrogens is 3. The van der Waals surface area contributed by atoms with Crippen LogP contribution in [-0.2, 0) is 12.7 Å². The third kappa shape index (κ3) is 5.42. The molecular weight excluding hydrogens is 527 g/mol. The minimum Gasteiger partial charge on any atom is -0.310 e. The first-order chi connectivity index (χ1) is 14.2. The normalized spacial score (nSPS) is 11.4. The van der Waals surface area contributed by atoms with Crippen molar-refractivity contribution in [1.29, 1.82) is 0 Å². The van der Waals surface area contributed by atoms with E-state index in [9.17, 15) is 18.0 Å². The molecule has 0 saturated heterocycles. The van der Waals surface area contributed by atoms with Crippen molar-refractivity contribution in [3.8, 4) is 0 Å². The minimum atomic E-state index is -4.55. The van der Waals surface area contributed by atoms with Crippen LogP contribution in [0.2, 0.25) is 5.02 Å². The molecule has 0 bridgehead atoms. The van der Waals surface area contributed by atoms with Crippen LogP contribution in [0.15, 0.2) is 40.4 Å². The largest absolute Gasteiger partial charge is 0.433 e. The highest BCUT2D eigenvalue weighted by Gasteiger charge is 2.32. The van der Waals surface area contributed by atoms with Crippen LogP contribution >= 0.6 is 50.8 Å². The molecule has 13 heteroatoms. The number of anilines is 2. The van der Waals surface area contributed by atoms with Gasteiger partial charge in [0.2, 0.25) is 0 Å². The molecule has 30 heavy (non-hydrogen) atoms. The second-order valence-electron chi connectivity index (χ2n) is 5.71. The van der Waals surface area contributed by atoms with E-state index in [2.05, 4.69) is 35.6 Å². The number of hydrogen-bond acceptors (Lipinski definition) is 7. The van der Waals surface area contributed by atoms with Crippen molar-refractivity contribution >= 4 is 67.5 Å². The number of pyridine rings is 2. The van der Waals surface area contributed by atoms with Gasteiger partial charge in [-0.3, -0.25) is 14.5 Å². The van der Waals surface area contributed by atoms with Crippen LogP contribution in [0.1, 0.15) is 21.9 Å². The van der Waals surface area contributed by atoms with Gasteiger partial charge in [-0.15, -0.1) is 0 Å². The lowest BCUT2D eigenvalue weighted by Gasteiger charge is -2.21. The highest BCUT2D eigenvalue weighted by Crippen LogP contribution is 2.37. The zero-order chi connectivity index (χ0) is 21.9. The monoisotopic (exact) mass is 537 g/mol. The van der Waals surface area contributed by atoms with E-state index in [1.54, 1.807) is 23.3 Å². The molecule has 0 unspecified atom stereocenters. The zero-order valence-electron chi connectivity index (χ0n) is 15.1. The molecule has 0 aromatic carbocycles. The van der Waals surface area contributed by atoms with E-state index in [4.69, 9.17) is 11.6 Å². The van der Waals surface area contributed by atoms with Crippen LogP contribution < -0.4 is 9.62 Å². The fourth-order valence-electron chi connectivity index (χ4n) is 2.33. The molecule has 3 heterocycles. The number of alkyl halides is 3. The predicted molar refractivity (Wildman–Crippen MR) is 115 cm³/mol. The summed E-state index contributed by atoms with van der Waals surface area (Å²) < 4.78 is 41.7. The van der Waals surface area contributed by atoms with E-state index in [0.29, 0.717) is 25.3 Å². The number of thiazole rings is 1. The van der Waals surface area contributed by atoms with Crippen LogP contribution in [-0.4, -0.2) is 27.1 Å². The van der Waals surface area contributed by atoms with Gasteiger partial charge in [0.1, 0.15) is 9.48 Å². The van der Waals surface area contributed by atoms with Crippen LogP contribution in [0.3, 0.4) is 0 Å². The number of carbonyl (C=O) groups excluding carboxylic acids is 1. The fourth-order valence-corrected chi connectivity index (χ4v) is 4.24. The van der Waals surface area contributed by atoms with Crippen LogP contribution in [0.5, 0.6) is 0 Å². The fraction of sp³-hybridized carbons (Fsp3) is 0.176. The van der Waals surface area contributed by atoms with E-state index in [0.717, 1.165) is 35.5 Å². The Labute approximate surface area is 191 Å². The second kappa shape index (κ2) is 9.50. The van der Waals surface area contributed by atoms with Gasteiger partial charge in [-0.05, 0) is 40.2 Å². The number of amides is 1. The Morgan fingerprint density at radius 3 is 2.60 bits per heavy atom. The summed E-state index contributed by atoms with van der Waals surface area (Å²) in [4.78, 5) is 25.9. The molecule has 0 saturated carbocycles. The summed E-state index contributed by atoms with van der Waals surface area (Å²) in [6.07, 6.45) is -0.273. The smallest absolute Gasteiger partial charge is 0.310 e. The molecule has 0 aliphatic heterocycles. The lowest BCUT2D eigenvalue weighted by Crippen LogP contribution is -2.19. The van der Waals surface area contributed by atoms with Crippen LogP contribution in [0.4, 0.5) is 24.0 Å². The topological polar surface area (TPSA) is 71.0 Å². The maximum absolute atomic E-state index is 12.9. The van der Waals surface area contributed by atoms with E-state index < -0.39 is 17.8 Å². The second-order valence-corrected chi connectivity index (χ2v) is 9.05. The van der Waals surface area contributed by atoms with Crippen molar-refractivity contribution in [3.63, 3.8) is 0 Å². The number of nitrogens with one attached hydrogen (secondary N) is 1. The molecule has 0 aliphatic rings. The summed E-state index contributed by atoms with van der Waals surface area (Å²) in [5.41, 5.74) is 0.119. The Kier molecular flexibility index (Phi) is 7.22. The molecule has 1 amide bonds. The van der Waals surface area contributed by atoms with Gasteiger partial charge in [0.25, 0.3) is 5.91 Å². The third-order valence-corrected chi connectivity index (χ3v) is 6.02. The Hall–Kier alpha value is -1.89.